The van der Waals surface area contributed by atoms with Gasteiger partial charge in [0.15, 0.2) is 11.5 Å². The van der Waals surface area contributed by atoms with Gasteiger partial charge in [-0.25, -0.2) is 4.98 Å². The van der Waals surface area contributed by atoms with Crippen molar-refractivity contribution >= 4 is 34.6 Å². The number of carboxylic acid groups (broad SMARTS) is 1. The summed E-state index contributed by atoms with van der Waals surface area (Å²) >= 11 is 0. The first-order chi connectivity index (χ1) is 20.9. The molecule has 3 aromatic carbocycles. The summed E-state index contributed by atoms with van der Waals surface area (Å²) in [5.74, 6) is -2.13. The molecule has 2 amide bonds. The number of amides is 2. The first kappa shape index (κ1) is 31.5. The molecule has 0 saturated carbocycles. The zero-order valence-corrected chi connectivity index (χ0v) is 24.8. The van der Waals surface area contributed by atoms with Crippen LogP contribution in [0.1, 0.15) is 62.5 Å². The van der Waals surface area contributed by atoms with Gasteiger partial charge < -0.3 is 20.2 Å². The molecular formula is C35H41N3O5. The minimum Gasteiger partial charge on any atom is -0.481 e. The molecule has 0 spiro atoms. The third kappa shape index (κ3) is 10.1. The number of benzene rings is 3. The van der Waals surface area contributed by atoms with Gasteiger partial charge in [0.1, 0.15) is 5.52 Å². The lowest BCUT2D eigenvalue weighted by Gasteiger charge is -2.21. The van der Waals surface area contributed by atoms with Gasteiger partial charge in [-0.1, -0.05) is 74.4 Å². The van der Waals surface area contributed by atoms with Crippen LogP contribution in [0.3, 0.4) is 0 Å². The molecule has 0 fully saturated rings. The molecule has 0 radical (unpaired) electrons. The molecule has 1 heterocycles. The average Bonchev–Trinajstić information content (AvgIpc) is 3.43. The molecule has 0 aliphatic heterocycles. The van der Waals surface area contributed by atoms with Gasteiger partial charge in [-0.05, 0) is 73.9 Å². The molecule has 8 nitrogen and oxygen atoms in total. The predicted octanol–water partition coefficient (Wildman–Crippen LogP) is 6.59. The largest absolute Gasteiger partial charge is 0.481 e. The number of para-hydroxylation sites is 3. The summed E-state index contributed by atoms with van der Waals surface area (Å²) in [5.41, 5.74) is 4.58. The lowest BCUT2D eigenvalue weighted by molar-refractivity contribution is -0.143. The highest BCUT2D eigenvalue weighted by Gasteiger charge is 2.27. The molecule has 0 aliphatic carbocycles. The number of hydrogen-bond acceptors (Lipinski definition) is 5. The maximum Gasteiger partial charge on any atom is 0.306 e. The van der Waals surface area contributed by atoms with Crippen LogP contribution in [0.15, 0.2) is 83.3 Å². The van der Waals surface area contributed by atoms with Crippen molar-refractivity contribution in [2.45, 2.75) is 64.7 Å². The number of unbranched alkanes of at least 4 members (excludes halogenated alkanes) is 1. The van der Waals surface area contributed by atoms with E-state index in [9.17, 15) is 19.5 Å². The first-order valence-corrected chi connectivity index (χ1v) is 15.2. The van der Waals surface area contributed by atoms with E-state index in [1.807, 2.05) is 42.5 Å². The molecule has 0 bridgehead atoms. The lowest BCUT2D eigenvalue weighted by Crippen LogP contribution is -2.38. The van der Waals surface area contributed by atoms with Gasteiger partial charge >= 0.3 is 5.97 Å². The van der Waals surface area contributed by atoms with Gasteiger partial charge in [0.2, 0.25) is 11.8 Å². The van der Waals surface area contributed by atoms with Crippen molar-refractivity contribution in [1.29, 1.82) is 0 Å². The fourth-order valence-corrected chi connectivity index (χ4v) is 5.28. The van der Waals surface area contributed by atoms with Crippen molar-refractivity contribution in [1.82, 2.24) is 10.3 Å². The number of aliphatic carboxylic acids is 1. The van der Waals surface area contributed by atoms with Gasteiger partial charge in [0.05, 0.1) is 12.5 Å². The highest BCUT2D eigenvalue weighted by Crippen LogP contribution is 2.25. The Balaban J connectivity index is 1.34. The summed E-state index contributed by atoms with van der Waals surface area (Å²) in [6, 6.07) is 25.0. The molecule has 8 heteroatoms. The summed E-state index contributed by atoms with van der Waals surface area (Å²) in [7, 11) is 0. The van der Waals surface area contributed by atoms with E-state index in [1.54, 1.807) is 12.1 Å². The molecule has 4 rings (SSSR count). The van der Waals surface area contributed by atoms with Crippen LogP contribution in [0.4, 0.5) is 5.69 Å². The van der Waals surface area contributed by atoms with E-state index < -0.39 is 17.8 Å². The van der Waals surface area contributed by atoms with E-state index in [-0.39, 0.29) is 24.8 Å². The minimum atomic E-state index is -0.912. The van der Waals surface area contributed by atoms with Crippen LogP contribution in [0.5, 0.6) is 0 Å². The van der Waals surface area contributed by atoms with Crippen molar-refractivity contribution in [2.75, 3.05) is 11.9 Å². The highest BCUT2D eigenvalue weighted by molar-refractivity contribution is 5.94. The molecule has 1 aromatic heterocycles. The fourth-order valence-electron chi connectivity index (χ4n) is 5.28. The number of anilines is 1. The molecule has 226 valence electrons. The second kappa shape index (κ2) is 16.2. The van der Waals surface area contributed by atoms with E-state index >= 15 is 0 Å². The van der Waals surface area contributed by atoms with E-state index in [0.717, 1.165) is 35.9 Å². The number of aromatic nitrogens is 1. The second-order valence-electron chi connectivity index (χ2n) is 11.0. The molecule has 43 heavy (non-hydrogen) atoms. The van der Waals surface area contributed by atoms with Gasteiger partial charge in [0, 0.05) is 18.0 Å². The molecule has 0 saturated heterocycles. The summed E-state index contributed by atoms with van der Waals surface area (Å²) in [5, 5.41) is 15.5. The van der Waals surface area contributed by atoms with Crippen LogP contribution in [0.25, 0.3) is 11.1 Å². The topological polar surface area (TPSA) is 122 Å². The summed E-state index contributed by atoms with van der Waals surface area (Å²) < 4.78 is 5.78. The molecular weight excluding hydrogens is 542 g/mol. The van der Waals surface area contributed by atoms with Crippen LogP contribution >= 0.6 is 0 Å². The van der Waals surface area contributed by atoms with Crippen molar-refractivity contribution in [2.24, 2.45) is 11.8 Å². The second-order valence-corrected chi connectivity index (χ2v) is 11.0. The Hall–Kier alpha value is -4.46. The van der Waals surface area contributed by atoms with E-state index in [1.165, 1.54) is 5.56 Å². The number of carboxylic acids is 1. The van der Waals surface area contributed by atoms with Gasteiger partial charge in [-0.2, -0.15) is 0 Å². The number of hydrogen-bond donors (Lipinski definition) is 3. The van der Waals surface area contributed by atoms with Crippen molar-refractivity contribution in [3.8, 4) is 0 Å². The third-order valence-electron chi connectivity index (χ3n) is 7.64. The van der Waals surface area contributed by atoms with Crippen LogP contribution in [-0.4, -0.2) is 34.4 Å². The quantitative estimate of drug-likeness (QED) is 0.121. The van der Waals surface area contributed by atoms with Crippen molar-refractivity contribution in [3.63, 3.8) is 0 Å². The number of carbonyl (C=O) groups excluding carboxylic acids is 2. The van der Waals surface area contributed by atoms with Gasteiger partial charge in [0.25, 0.3) is 0 Å². The summed E-state index contributed by atoms with van der Waals surface area (Å²) in [6.45, 7) is 1.96. The van der Waals surface area contributed by atoms with E-state index in [0.29, 0.717) is 43.7 Å². The normalized spacial score (nSPS) is 12.5. The van der Waals surface area contributed by atoms with Crippen molar-refractivity contribution in [3.05, 3.63) is 95.9 Å². The van der Waals surface area contributed by atoms with Crippen LogP contribution < -0.4 is 10.6 Å². The smallest absolute Gasteiger partial charge is 0.306 e. The highest BCUT2D eigenvalue weighted by atomic mass is 16.4. The molecule has 4 aromatic rings. The Morgan fingerprint density at radius 2 is 1.51 bits per heavy atom. The van der Waals surface area contributed by atoms with E-state index in [2.05, 4.69) is 46.8 Å². The average molecular weight is 584 g/mol. The molecule has 2 unspecified atom stereocenters. The van der Waals surface area contributed by atoms with E-state index in [4.69, 9.17) is 4.42 Å². The Morgan fingerprint density at radius 3 is 2.21 bits per heavy atom. The Morgan fingerprint density at radius 1 is 0.814 bits per heavy atom. The number of fused-ring (bicyclic) bond motifs is 1. The maximum atomic E-state index is 13.3. The molecule has 0 aliphatic rings. The third-order valence-corrected chi connectivity index (χ3v) is 7.64. The standard InChI is InChI=1S/C35H41N3O5/c1-2-10-25-17-19-26(20-18-25)21-22-27(34(40)36-24-32(39)37-29-12-4-3-5-13-29)23-28(35(41)42)11-6-9-16-33-38-30-14-7-8-15-31(30)43-33/h3-5,7-8,12-15,17-20,27-28H,2,6,9-11,16,21-24H2,1H3,(H,36,40)(H,37,39)(H,41,42). The summed E-state index contributed by atoms with van der Waals surface area (Å²) in [6.07, 6.45) is 5.90. The maximum absolute atomic E-state index is 13.3. The molecule has 2 atom stereocenters. The zero-order valence-electron chi connectivity index (χ0n) is 24.8. The van der Waals surface area contributed by atoms with Crippen LogP contribution in [0.2, 0.25) is 0 Å². The summed E-state index contributed by atoms with van der Waals surface area (Å²) in [4.78, 5) is 42.5. The monoisotopic (exact) mass is 583 g/mol. The Bertz CT molecular complexity index is 1430. The number of rotatable bonds is 17. The lowest BCUT2D eigenvalue weighted by atomic mass is 9.86. The SMILES string of the molecule is CCCc1ccc(CCC(CC(CCCCc2nc3ccccc3o2)C(=O)O)C(=O)NCC(=O)Nc2ccccc2)cc1. The minimum absolute atomic E-state index is 0.182. The fraction of sp³-hybridized carbons (Fsp3) is 0.371. The van der Waals surface area contributed by atoms with Crippen molar-refractivity contribution < 1.29 is 23.9 Å². The van der Waals surface area contributed by atoms with Gasteiger partial charge in [-0.3, -0.25) is 14.4 Å². The number of carbonyl (C=O) groups is 3. The van der Waals surface area contributed by atoms with Gasteiger partial charge in [-0.15, -0.1) is 0 Å². The molecule has 3 N–H and O–H groups in total. The number of oxazole rings is 1. The number of aryl methyl sites for hydroxylation is 3. The van der Waals surface area contributed by atoms with Crippen LogP contribution in [0, 0.1) is 11.8 Å². The predicted molar refractivity (Wildman–Crippen MR) is 168 cm³/mol. The Labute approximate surface area is 252 Å². The number of nitrogens with one attached hydrogen (secondary N) is 2. The first-order valence-electron chi connectivity index (χ1n) is 15.2. The Kier molecular flexibility index (Phi) is 11.9. The zero-order chi connectivity index (χ0) is 30.4. The number of nitrogens with zero attached hydrogens (tertiary/aromatic N) is 1. The van der Waals surface area contributed by atoms with Crippen LogP contribution in [-0.2, 0) is 33.6 Å².